The molecule has 0 spiro atoms. The van der Waals surface area contributed by atoms with E-state index in [4.69, 9.17) is 22.9 Å². The van der Waals surface area contributed by atoms with Gasteiger partial charge < -0.3 is 64.5 Å². The first-order chi connectivity index (χ1) is 27.2. The van der Waals surface area contributed by atoms with Gasteiger partial charge in [0.15, 0.2) is 11.9 Å². The lowest BCUT2D eigenvalue weighted by Crippen LogP contribution is -2.62. The molecule has 57 heavy (non-hydrogen) atoms. The molecular weight excluding hydrogens is 738 g/mol. The third-order valence-corrected chi connectivity index (χ3v) is 10.3. The normalized spacial score (nSPS) is 24.5. The first kappa shape index (κ1) is 43.8. The number of hydrogen-bond donors (Lipinski definition) is 11. The number of nitrogens with one attached hydrogen (secondary N) is 6. The van der Waals surface area contributed by atoms with Crippen LogP contribution in [0.25, 0.3) is 10.9 Å². The molecule has 4 rings (SSSR count). The average molecular weight is 796 g/mol. The number of benzene rings is 1. The Kier molecular flexibility index (Phi) is 16.0. The maximum absolute atomic E-state index is 14.5. The Bertz CT molecular complexity index is 1810. The van der Waals surface area contributed by atoms with Gasteiger partial charge in [0.25, 0.3) is 0 Å². The molecule has 0 bridgehead atoms. The van der Waals surface area contributed by atoms with Crippen LogP contribution in [0.5, 0.6) is 0 Å². The SMILES string of the molecule is CC[C@H](C)[C@@H]1NC(=O)[C@H](CO)NC(=O)[C@H]2CCCN2C(=O)[C@H](Cc2c[nH]c3ccccc23)NC(=O)[C@H](CCCN=C(N)N)NC(=O)[C@@H](CCCN=C(N)N)NC1=O. The smallest absolute Gasteiger partial charge is 0.246 e. The zero-order valence-corrected chi connectivity index (χ0v) is 32.5. The quantitative estimate of drug-likeness (QED) is 0.0562. The second-order valence-electron chi connectivity index (χ2n) is 14.4. The van der Waals surface area contributed by atoms with E-state index in [9.17, 15) is 33.9 Å². The van der Waals surface area contributed by atoms with Gasteiger partial charge in [-0.2, -0.15) is 0 Å². The highest BCUT2D eigenvalue weighted by Gasteiger charge is 2.41. The number of aromatic amines is 1. The zero-order chi connectivity index (χ0) is 41.6. The predicted molar refractivity (Wildman–Crippen MR) is 213 cm³/mol. The molecule has 0 radical (unpaired) electrons. The minimum atomic E-state index is -1.46. The van der Waals surface area contributed by atoms with Crippen molar-refractivity contribution in [2.75, 3.05) is 26.2 Å². The number of rotatable bonds is 13. The number of aliphatic hydroxyl groups is 1. The van der Waals surface area contributed by atoms with E-state index in [2.05, 4.69) is 41.6 Å². The number of aliphatic hydroxyl groups excluding tert-OH is 1. The fraction of sp³-hybridized carbons (Fsp3) is 0.568. The van der Waals surface area contributed by atoms with Crippen molar-refractivity contribution in [1.29, 1.82) is 0 Å². The molecule has 2 saturated heterocycles. The van der Waals surface area contributed by atoms with Crippen LogP contribution >= 0.6 is 0 Å². The van der Waals surface area contributed by atoms with Crippen molar-refractivity contribution >= 4 is 58.3 Å². The molecular formula is C37H57N13O7. The molecule has 0 saturated carbocycles. The maximum atomic E-state index is 14.5. The number of aliphatic imine (C=N–C) groups is 2. The Hall–Kier alpha value is -5.92. The summed E-state index contributed by atoms with van der Waals surface area (Å²) >= 11 is 0. The van der Waals surface area contributed by atoms with E-state index >= 15 is 0 Å². The van der Waals surface area contributed by atoms with Crippen LogP contribution in [0.1, 0.15) is 64.4 Å². The standard InChI is InChI=1S/C37H57N13O7/c1-3-20(2)29-34(56)46-25(12-7-15-43-37(40)41)30(52)45-24(11-6-14-42-36(38)39)31(53)47-26(17-21-18-44-23-10-5-4-9-22(21)23)35(57)50-16-8-13-28(50)33(55)48-27(19-51)32(54)49-29/h4-5,9-10,18,20,24-29,44,51H,3,6-8,11-17,19H2,1-2H3,(H,45,52)(H,46,56)(H,47,53)(H,48,55)(H,49,54)(H4,38,39,42)(H4,40,41,43)/t20-,24-,25+,26-,27-,28+,29-/m0/s1. The molecule has 1 aromatic heterocycles. The number of H-pyrrole nitrogens is 1. The lowest BCUT2D eigenvalue weighted by Gasteiger charge is -2.32. The molecule has 6 amide bonds. The maximum Gasteiger partial charge on any atom is 0.246 e. The number of aromatic nitrogens is 1. The van der Waals surface area contributed by atoms with E-state index in [0.29, 0.717) is 12.8 Å². The summed E-state index contributed by atoms with van der Waals surface area (Å²) in [6.45, 7) is 3.18. The number of guanidine groups is 2. The molecule has 20 nitrogen and oxygen atoms in total. The predicted octanol–water partition coefficient (Wildman–Crippen LogP) is -2.72. The second kappa shape index (κ2) is 20.8. The van der Waals surface area contributed by atoms with E-state index in [-0.39, 0.29) is 70.1 Å². The molecule has 0 aliphatic carbocycles. The van der Waals surface area contributed by atoms with E-state index < -0.39 is 84.2 Å². The van der Waals surface area contributed by atoms with Crippen molar-refractivity contribution in [3.63, 3.8) is 0 Å². The van der Waals surface area contributed by atoms with Crippen LogP contribution in [0.4, 0.5) is 0 Å². The van der Waals surface area contributed by atoms with Crippen LogP contribution in [0.2, 0.25) is 0 Å². The molecule has 0 unspecified atom stereocenters. The number of amides is 6. The Morgan fingerprint density at radius 2 is 1.35 bits per heavy atom. The minimum Gasteiger partial charge on any atom is -0.394 e. The van der Waals surface area contributed by atoms with Gasteiger partial charge in [0.1, 0.15) is 36.3 Å². The van der Waals surface area contributed by atoms with Crippen LogP contribution in [-0.2, 0) is 35.2 Å². The Morgan fingerprint density at radius 1 is 0.789 bits per heavy atom. The Balaban J connectivity index is 1.77. The highest BCUT2D eigenvalue weighted by molar-refractivity contribution is 5.99. The molecule has 2 fully saturated rings. The van der Waals surface area contributed by atoms with Crippen molar-refractivity contribution in [3.05, 3.63) is 36.0 Å². The van der Waals surface area contributed by atoms with Gasteiger partial charge in [-0.1, -0.05) is 38.5 Å². The number of nitrogens with two attached hydrogens (primary N) is 4. The van der Waals surface area contributed by atoms with Crippen LogP contribution in [-0.4, -0.2) is 125 Å². The van der Waals surface area contributed by atoms with Crippen molar-refractivity contribution < 1.29 is 33.9 Å². The van der Waals surface area contributed by atoms with Crippen LogP contribution < -0.4 is 49.5 Å². The highest BCUT2D eigenvalue weighted by Crippen LogP contribution is 2.23. The number of para-hydroxylation sites is 1. The lowest BCUT2D eigenvalue weighted by molar-refractivity contribution is -0.143. The molecule has 2 aromatic rings. The molecule has 2 aliphatic heterocycles. The largest absolute Gasteiger partial charge is 0.394 e. The van der Waals surface area contributed by atoms with Gasteiger partial charge >= 0.3 is 0 Å². The summed E-state index contributed by atoms with van der Waals surface area (Å²) in [5.41, 5.74) is 23.5. The fourth-order valence-corrected chi connectivity index (χ4v) is 6.99. The van der Waals surface area contributed by atoms with Gasteiger partial charge in [-0.15, -0.1) is 0 Å². The molecule has 15 N–H and O–H groups in total. The van der Waals surface area contributed by atoms with Crippen LogP contribution in [0.15, 0.2) is 40.4 Å². The van der Waals surface area contributed by atoms with Gasteiger partial charge in [0.2, 0.25) is 35.4 Å². The number of fused-ring (bicyclic) bond motifs is 2. The molecule has 312 valence electrons. The summed E-state index contributed by atoms with van der Waals surface area (Å²) in [5, 5.41) is 24.6. The fourth-order valence-electron chi connectivity index (χ4n) is 6.99. The third-order valence-electron chi connectivity index (χ3n) is 10.3. The topological polar surface area (TPSA) is 331 Å². The Labute approximate surface area is 330 Å². The molecule has 3 heterocycles. The summed E-state index contributed by atoms with van der Waals surface area (Å²) in [5.74, 6) is -4.94. The minimum absolute atomic E-state index is 0.0240. The highest BCUT2D eigenvalue weighted by atomic mass is 16.3. The zero-order valence-electron chi connectivity index (χ0n) is 32.5. The van der Waals surface area contributed by atoms with E-state index in [1.807, 2.05) is 31.2 Å². The summed E-state index contributed by atoms with van der Waals surface area (Å²) in [7, 11) is 0. The van der Waals surface area contributed by atoms with Gasteiger partial charge in [0, 0.05) is 43.2 Å². The third kappa shape index (κ3) is 12.0. The molecule has 1 aromatic carbocycles. The number of carbonyl (C=O) groups is 6. The molecule has 7 atom stereocenters. The van der Waals surface area contributed by atoms with Crippen molar-refractivity contribution in [2.24, 2.45) is 38.8 Å². The summed E-state index contributed by atoms with van der Waals surface area (Å²) in [4.78, 5) is 96.7. The first-order valence-corrected chi connectivity index (χ1v) is 19.3. The van der Waals surface area contributed by atoms with Gasteiger partial charge in [-0.3, -0.25) is 38.8 Å². The summed E-state index contributed by atoms with van der Waals surface area (Å²) in [6.07, 6.45) is 3.49. The van der Waals surface area contributed by atoms with Crippen LogP contribution in [0, 0.1) is 5.92 Å². The summed E-state index contributed by atoms with van der Waals surface area (Å²) < 4.78 is 0. The van der Waals surface area contributed by atoms with Crippen molar-refractivity contribution in [1.82, 2.24) is 36.5 Å². The Morgan fingerprint density at radius 3 is 1.95 bits per heavy atom. The average Bonchev–Trinajstić information content (AvgIpc) is 3.84. The molecule has 2 aliphatic rings. The second-order valence-corrected chi connectivity index (χ2v) is 14.4. The van der Waals surface area contributed by atoms with E-state index in [0.717, 1.165) is 16.5 Å². The number of carbonyl (C=O) groups excluding carboxylic acids is 6. The summed E-state index contributed by atoms with van der Waals surface area (Å²) in [6, 6.07) is 0.112. The first-order valence-electron chi connectivity index (χ1n) is 19.3. The number of nitrogens with zero attached hydrogens (tertiary/aromatic N) is 3. The van der Waals surface area contributed by atoms with Crippen LogP contribution in [0.3, 0.4) is 0 Å². The lowest BCUT2D eigenvalue weighted by atomic mass is 9.97. The van der Waals surface area contributed by atoms with Crippen molar-refractivity contribution in [2.45, 2.75) is 101 Å². The van der Waals surface area contributed by atoms with E-state index in [1.54, 1.807) is 13.1 Å². The van der Waals surface area contributed by atoms with Crippen molar-refractivity contribution in [3.8, 4) is 0 Å². The molecule has 20 heteroatoms. The van der Waals surface area contributed by atoms with Gasteiger partial charge in [-0.05, 0) is 56.1 Å². The van der Waals surface area contributed by atoms with Gasteiger partial charge in [-0.25, -0.2) is 0 Å². The van der Waals surface area contributed by atoms with E-state index in [1.165, 1.54) is 4.90 Å². The monoisotopic (exact) mass is 795 g/mol. The van der Waals surface area contributed by atoms with Gasteiger partial charge in [0.05, 0.1) is 6.61 Å². The number of hydrogen-bond acceptors (Lipinski definition) is 9.